The fourth-order valence-electron chi connectivity index (χ4n) is 1.40. The van der Waals surface area contributed by atoms with Crippen LogP contribution in [0, 0.1) is 12.3 Å². The van der Waals surface area contributed by atoms with Gasteiger partial charge in [0.1, 0.15) is 0 Å². The maximum Gasteiger partial charge on any atom is 0.240 e. The highest BCUT2D eigenvalue weighted by Gasteiger charge is 2.21. The maximum absolute atomic E-state index is 12.0. The van der Waals surface area contributed by atoms with Gasteiger partial charge in [-0.05, 0) is 31.5 Å². The topological polar surface area (TPSA) is 84.2 Å². The van der Waals surface area contributed by atoms with E-state index in [1.54, 1.807) is 19.1 Å². The number of anilines is 2. The summed E-state index contributed by atoms with van der Waals surface area (Å²) in [5.41, 5.74) is 7.27. The highest BCUT2D eigenvalue weighted by Crippen LogP contribution is 2.23. The quantitative estimate of drug-likeness (QED) is 0.792. The Bertz CT molecular complexity index is 516. The first-order chi connectivity index (χ1) is 9.11. The van der Waals surface area contributed by atoms with Gasteiger partial charge in [-0.15, -0.1) is 0 Å². The van der Waals surface area contributed by atoms with Crippen molar-refractivity contribution in [1.82, 2.24) is 0 Å². The molecule has 1 rings (SSSR count). The highest BCUT2D eigenvalue weighted by atomic mass is 16.2. The molecule has 1 aromatic rings. The lowest BCUT2D eigenvalue weighted by Crippen LogP contribution is -2.32. The summed E-state index contributed by atoms with van der Waals surface area (Å²) in [6.45, 7) is 9.05. The van der Waals surface area contributed by atoms with Crippen molar-refractivity contribution >= 4 is 23.2 Å². The van der Waals surface area contributed by atoms with Crippen LogP contribution in [0.15, 0.2) is 18.2 Å². The molecule has 0 aromatic heterocycles. The van der Waals surface area contributed by atoms with Crippen LogP contribution in [0.1, 0.15) is 33.3 Å². The van der Waals surface area contributed by atoms with Crippen molar-refractivity contribution < 1.29 is 9.59 Å². The van der Waals surface area contributed by atoms with Crippen LogP contribution in [0.25, 0.3) is 0 Å². The second kappa shape index (κ2) is 6.05. The van der Waals surface area contributed by atoms with Crippen LogP contribution in [-0.4, -0.2) is 17.9 Å². The van der Waals surface area contributed by atoms with Gasteiger partial charge in [-0.25, -0.2) is 0 Å². The van der Waals surface area contributed by atoms with Crippen LogP contribution < -0.4 is 16.4 Å². The van der Waals surface area contributed by atoms with Crippen molar-refractivity contribution in [2.75, 3.05) is 10.6 Å². The van der Waals surface area contributed by atoms with E-state index in [9.17, 15) is 9.59 Å². The number of carbonyl (C=O) groups excluding carboxylic acids is 2. The molecule has 2 amide bonds. The summed E-state index contributed by atoms with van der Waals surface area (Å²) in [5, 5.41) is 5.58. The zero-order valence-corrected chi connectivity index (χ0v) is 12.7. The van der Waals surface area contributed by atoms with E-state index >= 15 is 0 Å². The number of hydrogen-bond donors (Lipinski definition) is 3. The van der Waals surface area contributed by atoms with E-state index in [1.807, 2.05) is 33.8 Å². The minimum Gasteiger partial charge on any atom is -0.325 e. The Balaban J connectivity index is 2.92. The first-order valence-electron chi connectivity index (χ1n) is 6.60. The number of benzene rings is 1. The molecule has 0 heterocycles. The predicted molar refractivity (Wildman–Crippen MR) is 81.5 cm³/mol. The largest absolute Gasteiger partial charge is 0.325 e. The lowest BCUT2D eigenvalue weighted by atomic mass is 9.95. The molecule has 1 aromatic carbocycles. The number of amides is 2. The van der Waals surface area contributed by atoms with Crippen LogP contribution in [0.2, 0.25) is 0 Å². The second-order valence-corrected chi connectivity index (χ2v) is 6.01. The van der Waals surface area contributed by atoms with Crippen LogP contribution in [-0.2, 0) is 9.59 Å². The first kappa shape index (κ1) is 16.2. The van der Waals surface area contributed by atoms with Gasteiger partial charge < -0.3 is 16.4 Å². The molecule has 0 aliphatic heterocycles. The molecule has 0 aliphatic carbocycles. The van der Waals surface area contributed by atoms with Gasteiger partial charge in [-0.1, -0.05) is 26.8 Å². The molecular weight excluding hydrogens is 254 g/mol. The van der Waals surface area contributed by atoms with Crippen molar-refractivity contribution in [1.29, 1.82) is 0 Å². The molecule has 0 bridgehead atoms. The van der Waals surface area contributed by atoms with Gasteiger partial charge in [0.25, 0.3) is 0 Å². The van der Waals surface area contributed by atoms with Gasteiger partial charge in [-0.2, -0.15) is 0 Å². The molecule has 5 nitrogen and oxygen atoms in total. The Labute approximate surface area is 119 Å². The monoisotopic (exact) mass is 277 g/mol. The molecule has 0 saturated carbocycles. The summed E-state index contributed by atoms with van der Waals surface area (Å²) in [7, 11) is 0. The van der Waals surface area contributed by atoms with Crippen molar-refractivity contribution in [3.63, 3.8) is 0 Å². The third kappa shape index (κ3) is 4.35. The zero-order valence-electron chi connectivity index (χ0n) is 12.7. The molecule has 110 valence electrons. The Kier molecular flexibility index (Phi) is 4.89. The van der Waals surface area contributed by atoms with Gasteiger partial charge in [0.15, 0.2) is 0 Å². The van der Waals surface area contributed by atoms with Crippen molar-refractivity contribution in [2.24, 2.45) is 11.1 Å². The smallest absolute Gasteiger partial charge is 0.240 e. The lowest BCUT2D eigenvalue weighted by Gasteiger charge is -2.19. The van der Waals surface area contributed by atoms with Crippen molar-refractivity contribution in [3.8, 4) is 0 Å². The molecule has 0 aliphatic rings. The summed E-state index contributed by atoms with van der Waals surface area (Å²) in [6, 6.07) is 4.78. The van der Waals surface area contributed by atoms with E-state index < -0.39 is 11.5 Å². The number of nitrogens with two attached hydrogens (primary N) is 1. The molecule has 0 saturated heterocycles. The average Bonchev–Trinajstić information content (AvgIpc) is 2.31. The molecule has 0 radical (unpaired) electrons. The number of hydrogen-bond acceptors (Lipinski definition) is 3. The van der Waals surface area contributed by atoms with Crippen LogP contribution in [0.3, 0.4) is 0 Å². The van der Waals surface area contributed by atoms with E-state index in [0.717, 1.165) is 5.56 Å². The van der Waals surface area contributed by atoms with Crippen molar-refractivity contribution in [3.05, 3.63) is 23.8 Å². The Morgan fingerprint density at radius 3 is 2.30 bits per heavy atom. The second-order valence-electron chi connectivity index (χ2n) is 6.01. The van der Waals surface area contributed by atoms with E-state index in [1.165, 1.54) is 0 Å². The van der Waals surface area contributed by atoms with Gasteiger partial charge in [-0.3, -0.25) is 9.59 Å². The highest BCUT2D eigenvalue weighted by molar-refractivity contribution is 5.98. The van der Waals surface area contributed by atoms with Gasteiger partial charge >= 0.3 is 0 Å². The fourth-order valence-corrected chi connectivity index (χ4v) is 1.40. The number of carbonyl (C=O) groups is 2. The third-order valence-corrected chi connectivity index (χ3v) is 2.85. The summed E-state index contributed by atoms with van der Waals surface area (Å²) >= 11 is 0. The summed E-state index contributed by atoms with van der Waals surface area (Å²) in [5.74, 6) is -0.335. The van der Waals surface area contributed by atoms with E-state index in [0.29, 0.717) is 11.4 Å². The average molecular weight is 277 g/mol. The van der Waals surface area contributed by atoms with Gasteiger partial charge in [0.05, 0.1) is 6.04 Å². The van der Waals surface area contributed by atoms with Gasteiger partial charge in [0, 0.05) is 16.8 Å². The van der Waals surface area contributed by atoms with Crippen molar-refractivity contribution in [2.45, 2.75) is 40.7 Å². The number of rotatable bonds is 3. The SMILES string of the molecule is Cc1ccc(NC(=O)[C@@H](C)N)cc1NC(=O)C(C)(C)C. The van der Waals surface area contributed by atoms with Crippen LogP contribution >= 0.6 is 0 Å². The number of aryl methyl sites for hydroxylation is 1. The molecular formula is C15H23N3O2. The lowest BCUT2D eigenvalue weighted by molar-refractivity contribution is -0.123. The third-order valence-electron chi connectivity index (χ3n) is 2.85. The molecule has 20 heavy (non-hydrogen) atoms. The Morgan fingerprint density at radius 2 is 1.80 bits per heavy atom. The van der Waals surface area contributed by atoms with E-state index in [-0.39, 0.29) is 11.8 Å². The molecule has 0 fully saturated rings. The zero-order chi connectivity index (χ0) is 15.5. The molecule has 1 atom stereocenters. The van der Waals surface area contributed by atoms with Crippen LogP contribution in [0.4, 0.5) is 11.4 Å². The molecule has 4 N–H and O–H groups in total. The minimum atomic E-state index is -0.580. The normalized spacial score (nSPS) is 12.7. The summed E-state index contributed by atoms with van der Waals surface area (Å²) in [6.07, 6.45) is 0. The summed E-state index contributed by atoms with van der Waals surface area (Å²) in [4.78, 5) is 23.6. The summed E-state index contributed by atoms with van der Waals surface area (Å²) < 4.78 is 0. The Morgan fingerprint density at radius 1 is 1.20 bits per heavy atom. The van der Waals surface area contributed by atoms with E-state index in [2.05, 4.69) is 10.6 Å². The number of nitrogens with one attached hydrogen (secondary N) is 2. The van der Waals surface area contributed by atoms with Gasteiger partial charge in [0.2, 0.25) is 11.8 Å². The molecule has 5 heteroatoms. The van der Waals surface area contributed by atoms with Crippen LogP contribution in [0.5, 0.6) is 0 Å². The predicted octanol–water partition coefficient (Wildman–Crippen LogP) is 2.27. The first-order valence-corrected chi connectivity index (χ1v) is 6.60. The Hall–Kier alpha value is -1.88. The van der Waals surface area contributed by atoms with E-state index in [4.69, 9.17) is 5.73 Å². The maximum atomic E-state index is 12.0. The molecule has 0 unspecified atom stereocenters. The standard InChI is InChI=1S/C15H23N3O2/c1-9-6-7-11(17-13(19)10(2)16)8-12(9)18-14(20)15(3,4)5/h6-8,10H,16H2,1-5H3,(H,17,19)(H,18,20)/t10-/m1/s1. The molecule has 0 spiro atoms. The fraction of sp³-hybridized carbons (Fsp3) is 0.467. The minimum absolute atomic E-state index is 0.0729.